The molecule has 2 amide bonds. The molecular weight excluding hydrogens is 356 g/mol. The van der Waals surface area contributed by atoms with Crippen LogP contribution < -0.4 is 10.6 Å². The molecule has 0 fully saturated rings. The maximum Gasteiger partial charge on any atom is 0.253 e. The molecule has 7 heteroatoms. The number of benzene rings is 1. The Balaban J connectivity index is 1.69. The van der Waals surface area contributed by atoms with Gasteiger partial charge in [-0.1, -0.05) is 17.3 Å². The molecule has 2 heterocycles. The third kappa shape index (κ3) is 3.98. The lowest BCUT2D eigenvalue weighted by molar-refractivity contribution is 0.0943. The Kier molecular flexibility index (Phi) is 5.63. The SMILES string of the molecule is CCNC(=O)c1ccc(CNC(=O)c2cc(C)n(-c3cc(C)on3)c2C)cc1. The first kappa shape index (κ1) is 19.4. The first-order valence-corrected chi connectivity index (χ1v) is 9.18. The molecule has 0 spiro atoms. The predicted molar refractivity (Wildman–Crippen MR) is 106 cm³/mol. The van der Waals surface area contributed by atoms with E-state index in [0.717, 1.165) is 17.0 Å². The molecule has 7 nitrogen and oxygen atoms in total. The lowest BCUT2D eigenvalue weighted by Gasteiger charge is -2.08. The number of aryl methyl sites for hydroxylation is 2. The third-order valence-electron chi connectivity index (χ3n) is 4.53. The summed E-state index contributed by atoms with van der Waals surface area (Å²) in [5.74, 6) is 1.11. The number of nitrogens with one attached hydrogen (secondary N) is 2. The molecule has 1 aromatic carbocycles. The molecule has 0 radical (unpaired) electrons. The lowest BCUT2D eigenvalue weighted by atomic mass is 10.1. The van der Waals surface area contributed by atoms with Gasteiger partial charge in [0, 0.05) is 36.1 Å². The van der Waals surface area contributed by atoms with Crippen molar-refractivity contribution in [1.82, 2.24) is 20.4 Å². The number of rotatable bonds is 6. The van der Waals surface area contributed by atoms with E-state index in [1.54, 1.807) is 12.1 Å². The number of nitrogens with zero attached hydrogens (tertiary/aromatic N) is 2. The van der Waals surface area contributed by atoms with Gasteiger partial charge < -0.3 is 15.2 Å². The van der Waals surface area contributed by atoms with Crippen molar-refractivity contribution in [1.29, 1.82) is 0 Å². The van der Waals surface area contributed by atoms with Gasteiger partial charge in [-0.25, -0.2) is 0 Å². The fourth-order valence-electron chi connectivity index (χ4n) is 3.12. The van der Waals surface area contributed by atoms with Crippen molar-refractivity contribution in [3.05, 3.63) is 70.2 Å². The minimum atomic E-state index is -0.160. The molecule has 0 bridgehead atoms. The first-order chi connectivity index (χ1) is 13.4. The zero-order valence-electron chi connectivity index (χ0n) is 16.5. The summed E-state index contributed by atoms with van der Waals surface area (Å²) in [5, 5.41) is 9.72. The van der Waals surface area contributed by atoms with Crippen LogP contribution in [0.5, 0.6) is 0 Å². The fourth-order valence-corrected chi connectivity index (χ4v) is 3.12. The van der Waals surface area contributed by atoms with Crippen LogP contribution in [-0.2, 0) is 6.54 Å². The van der Waals surface area contributed by atoms with E-state index in [9.17, 15) is 9.59 Å². The van der Waals surface area contributed by atoms with E-state index in [4.69, 9.17) is 4.52 Å². The van der Waals surface area contributed by atoms with Crippen LogP contribution in [0.15, 0.2) is 40.9 Å². The quantitative estimate of drug-likeness (QED) is 0.688. The van der Waals surface area contributed by atoms with E-state index >= 15 is 0 Å². The number of amides is 2. The fraction of sp³-hybridized carbons (Fsp3) is 0.286. The molecule has 2 N–H and O–H groups in total. The number of hydrogen-bond donors (Lipinski definition) is 2. The standard InChI is InChI=1S/C21H24N4O3/c1-5-22-20(26)17-8-6-16(7-9-17)12-23-21(27)18-10-13(2)25(15(18)4)19-11-14(3)28-24-19/h6-11H,5,12H2,1-4H3,(H,22,26)(H,23,27). The molecule has 0 unspecified atom stereocenters. The number of aromatic nitrogens is 2. The van der Waals surface area contributed by atoms with Crippen LogP contribution in [0.2, 0.25) is 0 Å². The third-order valence-corrected chi connectivity index (χ3v) is 4.53. The smallest absolute Gasteiger partial charge is 0.253 e. The Morgan fingerprint density at radius 3 is 2.36 bits per heavy atom. The number of hydrogen-bond acceptors (Lipinski definition) is 4. The average molecular weight is 380 g/mol. The molecule has 0 aliphatic carbocycles. The number of carbonyl (C=O) groups excluding carboxylic acids is 2. The summed E-state index contributed by atoms with van der Waals surface area (Å²) in [4.78, 5) is 24.5. The van der Waals surface area contributed by atoms with E-state index in [2.05, 4.69) is 15.8 Å². The Hall–Kier alpha value is -3.35. The maximum atomic E-state index is 12.7. The van der Waals surface area contributed by atoms with Crippen LogP contribution >= 0.6 is 0 Å². The second kappa shape index (κ2) is 8.12. The van der Waals surface area contributed by atoms with Crippen molar-refractivity contribution in [2.24, 2.45) is 0 Å². The molecule has 146 valence electrons. The predicted octanol–water partition coefficient (Wildman–Crippen LogP) is 3.07. The largest absolute Gasteiger partial charge is 0.360 e. The first-order valence-electron chi connectivity index (χ1n) is 9.18. The van der Waals surface area contributed by atoms with E-state index in [1.165, 1.54) is 0 Å². The van der Waals surface area contributed by atoms with Crippen molar-refractivity contribution in [3.63, 3.8) is 0 Å². The molecule has 0 atom stereocenters. The highest BCUT2D eigenvalue weighted by molar-refractivity contribution is 5.96. The topological polar surface area (TPSA) is 89.2 Å². The molecule has 3 aromatic rings. The van der Waals surface area contributed by atoms with E-state index < -0.39 is 0 Å². The van der Waals surface area contributed by atoms with Crippen molar-refractivity contribution in [3.8, 4) is 5.82 Å². The van der Waals surface area contributed by atoms with Gasteiger partial charge in [-0.2, -0.15) is 0 Å². The van der Waals surface area contributed by atoms with Crippen LogP contribution in [0.3, 0.4) is 0 Å². The van der Waals surface area contributed by atoms with E-state index in [-0.39, 0.29) is 11.8 Å². The minimum Gasteiger partial charge on any atom is -0.360 e. The van der Waals surface area contributed by atoms with Gasteiger partial charge in [0.05, 0.1) is 5.56 Å². The van der Waals surface area contributed by atoms with Gasteiger partial charge in [0.25, 0.3) is 11.8 Å². The van der Waals surface area contributed by atoms with Crippen LogP contribution in [0.1, 0.15) is 50.4 Å². The summed E-state index contributed by atoms with van der Waals surface area (Å²) >= 11 is 0. The Labute approximate surface area is 163 Å². The minimum absolute atomic E-state index is 0.103. The molecule has 28 heavy (non-hydrogen) atoms. The Bertz CT molecular complexity index is 999. The van der Waals surface area contributed by atoms with Gasteiger partial charge in [-0.05, 0) is 51.5 Å². The highest BCUT2D eigenvalue weighted by Gasteiger charge is 2.18. The van der Waals surface area contributed by atoms with Crippen LogP contribution in [0.25, 0.3) is 5.82 Å². The van der Waals surface area contributed by atoms with Crippen molar-refractivity contribution < 1.29 is 14.1 Å². The molecule has 0 aliphatic heterocycles. The highest BCUT2D eigenvalue weighted by atomic mass is 16.5. The van der Waals surface area contributed by atoms with Crippen molar-refractivity contribution in [2.45, 2.75) is 34.2 Å². The van der Waals surface area contributed by atoms with Crippen LogP contribution in [-0.4, -0.2) is 28.1 Å². The molecule has 2 aromatic heterocycles. The molecule has 3 rings (SSSR count). The summed E-state index contributed by atoms with van der Waals surface area (Å²) in [6.07, 6.45) is 0. The van der Waals surface area contributed by atoms with Gasteiger partial charge in [-0.15, -0.1) is 0 Å². The Morgan fingerprint density at radius 2 is 1.75 bits per heavy atom. The number of carbonyl (C=O) groups is 2. The van der Waals surface area contributed by atoms with E-state index in [1.807, 2.05) is 56.5 Å². The maximum absolute atomic E-state index is 12.7. The molecule has 0 aliphatic rings. The van der Waals surface area contributed by atoms with Crippen LogP contribution in [0.4, 0.5) is 0 Å². The summed E-state index contributed by atoms with van der Waals surface area (Å²) in [6, 6.07) is 10.9. The molecule has 0 saturated heterocycles. The van der Waals surface area contributed by atoms with Gasteiger partial charge in [0.1, 0.15) is 5.76 Å². The zero-order valence-corrected chi connectivity index (χ0v) is 16.5. The van der Waals surface area contributed by atoms with E-state index in [0.29, 0.717) is 35.8 Å². The normalized spacial score (nSPS) is 10.7. The monoisotopic (exact) mass is 380 g/mol. The second-order valence-corrected chi connectivity index (χ2v) is 6.66. The lowest BCUT2D eigenvalue weighted by Crippen LogP contribution is -2.24. The zero-order chi connectivity index (χ0) is 20.3. The highest BCUT2D eigenvalue weighted by Crippen LogP contribution is 2.20. The van der Waals surface area contributed by atoms with Gasteiger partial charge in [0.2, 0.25) is 0 Å². The van der Waals surface area contributed by atoms with Crippen molar-refractivity contribution >= 4 is 11.8 Å². The van der Waals surface area contributed by atoms with Gasteiger partial charge in [0.15, 0.2) is 5.82 Å². The molecule has 0 saturated carbocycles. The Morgan fingerprint density at radius 1 is 1.04 bits per heavy atom. The molecular formula is C21H24N4O3. The van der Waals surface area contributed by atoms with Crippen LogP contribution in [0, 0.1) is 20.8 Å². The summed E-state index contributed by atoms with van der Waals surface area (Å²) < 4.78 is 7.04. The second-order valence-electron chi connectivity index (χ2n) is 6.66. The van der Waals surface area contributed by atoms with Gasteiger partial charge >= 0.3 is 0 Å². The summed E-state index contributed by atoms with van der Waals surface area (Å²) in [5.41, 5.74) is 3.82. The summed E-state index contributed by atoms with van der Waals surface area (Å²) in [6.45, 7) is 8.48. The van der Waals surface area contributed by atoms with Gasteiger partial charge in [-0.3, -0.25) is 14.2 Å². The average Bonchev–Trinajstić information content (AvgIpc) is 3.22. The van der Waals surface area contributed by atoms with Crippen molar-refractivity contribution in [2.75, 3.05) is 6.54 Å². The summed E-state index contributed by atoms with van der Waals surface area (Å²) in [7, 11) is 0.